The molecule has 8 nitrogen and oxygen atoms in total. The number of carbonyl (C=O) groups excluding carboxylic acids is 1. The summed E-state index contributed by atoms with van der Waals surface area (Å²) in [5.74, 6) is -0.350. The first-order chi connectivity index (χ1) is 23.4. The van der Waals surface area contributed by atoms with Crippen LogP contribution < -0.4 is 5.73 Å². The number of ether oxygens (including phenoxy) is 2. The van der Waals surface area contributed by atoms with E-state index in [1.54, 1.807) is 6.26 Å². The molecule has 0 rings (SSSR count). The number of esters is 1. The molecule has 48 heavy (non-hydrogen) atoms. The van der Waals surface area contributed by atoms with Crippen molar-refractivity contribution in [2.45, 2.75) is 206 Å². The summed E-state index contributed by atoms with van der Waals surface area (Å²) in [6.45, 7) is 4.26. The number of carbonyl (C=O) groups is 1. The molecule has 0 fully saturated rings. The van der Waals surface area contributed by atoms with Crippen molar-refractivity contribution in [1.29, 1.82) is 0 Å². The molecule has 286 valence electrons. The minimum absolute atomic E-state index is 0.0382. The molecule has 0 radical (unpaired) electrons. The Hall–Kier alpha value is -0.920. The minimum Gasteiger partial charge on any atom is -0.498 e. The first-order valence-corrected chi connectivity index (χ1v) is 21.7. The van der Waals surface area contributed by atoms with Gasteiger partial charge in [-0.3, -0.25) is 13.8 Å². The van der Waals surface area contributed by atoms with Gasteiger partial charge in [0.1, 0.15) is 6.61 Å². The zero-order valence-electron chi connectivity index (χ0n) is 31.5. The van der Waals surface area contributed by atoms with E-state index in [2.05, 4.69) is 13.8 Å². The Bertz CT molecular complexity index is 752. The van der Waals surface area contributed by atoms with E-state index >= 15 is 0 Å². The predicted octanol–water partition coefficient (Wildman–Crippen LogP) is 11.9. The van der Waals surface area contributed by atoms with Gasteiger partial charge >= 0.3 is 13.8 Å². The van der Waals surface area contributed by atoms with Gasteiger partial charge in [0.15, 0.2) is 6.10 Å². The molecule has 1 unspecified atom stereocenters. The second-order valence-electron chi connectivity index (χ2n) is 13.6. The fraction of sp³-hybridized carbons (Fsp3) is 0.923. The highest BCUT2D eigenvalue weighted by Gasteiger charge is 2.25. The van der Waals surface area contributed by atoms with E-state index in [0.717, 1.165) is 32.1 Å². The van der Waals surface area contributed by atoms with Crippen LogP contribution in [0.25, 0.3) is 0 Å². The highest BCUT2D eigenvalue weighted by atomic mass is 31.2. The number of hydrogen-bond acceptors (Lipinski definition) is 7. The van der Waals surface area contributed by atoms with Crippen LogP contribution in [0.3, 0.4) is 0 Å². The quantitative estimate of drug-likeness (QED) is 0.0281. The van der Waals surface area contributed by atoms with Crippen LogP contribution in [-0.2, 0) is 27.9 Å². The lowest BCUT2D eigenvalue weighted by Gasteiger charge is -2.19. The molecule has 2 atom stereocenters. The molecule has 0 aliphatic rings. The first kappa shape index (κ1) is 47.1. The van der Waals surface area contributed by atoms with Crippen LogP contribution >= 0.6 is 7.82 Å². The average molecular weight is 704 g/mol. The van der Waals surface area contributed by atoms with Crippen LogP contribution in [0.15, 0.2) is 12.3 Å². The Balaban J connectivity index is 4.08. The number of unbranched alkanes of at least 4 members (excludes halogenated alkanes) is 26. The molecule has 0 amide bonds. The normalized spacial score (nSPS) is 13.6. The Kier molecular flexibility index (Phi) is 36.6. The Labute approximate surface area is 296 Å². The number of phosphoric acid groups is 1. The lowest BCUT2D eigenvalue weighted by atomic mass is 10.0. The molecule has 0 aromatic heterocycles. The van der Waals surface area contributed by atoms with Crippen molar-refractivity contribution < 1.29 is 32.8 Å². The maximum absolute atomic E-state index is 12.5. The molecule has 0 heterocycles. The summed E-state index contributed by atoms with van der Waals surface area (Å²) >= 11 is 0. The summed E-state index contributed by atoms with van der Waals surface area (Å²) in [4.78, 5) is 22.4. The number of hydrogen-bond donors (Lipinski definition) is 2. The second-order valence-corrected chi connectivity index (χ2v) is 15.0. The van der Waals surface area contributed by atoms with E-state index in [1.165, 1.54) is 148 Å². The fourth-order valence-electron chi connectivity index (χ4n) is 5.79. The number of phosphoric ester groups is 1. The van der Waals surface area contributed by atoms with Gasteiger partial charge in [-0.25, -0.2) is 4.57 Å². The molecular formula is C39H78NO7P. The number of rotatable bonds is 39. The van der Waals surface area contributed by atoms with Gasteiger partial charge in [0.05, 0.1) is 19.5 Å². The van der Waals surface area contributed by atoms with Crippen molar-refractivity contribution in [2.75, 3.05) is 26.4 Å². The SMILES string of the molecule is CCCCCCCCCCCCCCCCC=COC[C@H](COP(=O)(O)OCCN)OC(=O)CCCCCCCCCCCCCCC. The number of allylic oxidation sites excluding steroid dienone is 1. The van der Waals surface area contributed by atoms with Crippen LogP contribution in [0.1, 0.15) is 200 Å². The summed E-state index contributed by atoms with van der Waals surface area (Å²) in [5, 5.41) is 0. The molecule has 0 bridgehead atoms. The van der Waals surface area contributed by atoms with Gasteiger partial charge in [0.25, 0.3) is 0 Å². The lowest BCUT2D eigenvalue weighted by Crippen LogP contribution is -2.27. The molecule has 3 N–H and O–H groups in total. The third-order valence-corrected chi connectivity index (χ3v) is 9.76. The monoisotopic (exact) mass is 704 g/mol. The summed E-state index contributed by atoms with van der Waals surface area (Å²) < 4.78 is 33.1. The molecule has 0 aliphatic heterocycles. The van der Waals surface area contributed by atoms with E-state index in [-0.39, 0.29) is 32.3 Å². The molecule has 0 aliphatic carbocycles. The van der Waals surface area contributed by atoms with E-state index in [4.69, 9.17) is 24.3 Å². The van der Waals surface area contributed by atoms with Crippen LogP contribution in [0, 0.1) is 0 Å². The van der Waals surface area contributed by atoms with Crippen molar-refractivity contribution in [2.24, 2.45) is 5.73 Å². The van der Waals surface area contributed by atoms with E-state index in [0.29, 0.717) is 6.42 Å². The third-order valence-electron chi connectivity index (χ3n) is 8.78. The minimum atomic E-state index is -4.28. The van der Waals surface area contributed by atoms with Crippen LogP contribution in [0.4, 0.5) is 0 Å². The Morgan fingerprint density at radius 1 is 0.625 bits per heavy atom. The maximum Gasteiger partial charge on any atom is 0.472 e. The van der Waals surface area contributed by atoms with Crippen LogP contribution in [0.5, 0.6) is 0 Å². The van der Waals surface area contributed by atoms with Crippen LogP contribution in [0.2, 0.25) is 0 Å². The highest BCUT2D eigenvalue weighted by molar-refractivity contribution is 7.47. The second kappa shape index (κ2) is 37.3. The summed E-state index contributed by atoms with van der Waals surface area (Å²) in [6, 6.07) is 0. The van der Waals surface area contributed by atoms with E-state index < -0.39 is 13.9 Å². The smallest absolute Gasteiger partial charge is 0.472 e. The summed E-state index contributed by atoms with van der Waals surface area (Å²) in [7, 11) is -4.28. The molecule has 0 saturated heterocycles. The van der Waals surface area contributed by atoms with E-state index in [1.807, 2.05) is 6.08 Å². The average Bonchev–Trinajstić information content (AvgIpc) is 3.07. The molecule has 0 aromatic rings. The largest absolute Gasteiger partial charge is 0.498 e. The molecular weight excluding hydrogens is 625 g/mol. The Morgan fingerprint density at radius 3 is 1.48 bits per heavy atom. The van der Waals surface area contributed by atoms with Crippen molar-refractivity contribution in [1.82, 2.24) is 0 Å². The van der Waals surface area contributed by atoms with Gasteiger partial charge in [-0.1, -0.05) is 174 Å². The van der Waals surface area contributed by atoms with Crippen molar-refractivity contribution in [3.8, 4) is 0 Å². The lowest BCUT2D eigenvalue weighted by molar-refractivity contribution is -0.153. The zero-order valence-corrected chi connectivity index (χ0v) is 32.4. The topological polar surface area (TPSA) is 117 Å². The standard InChI is InChI=1S/C39H78NO7P/c1-3-5-7-9-11-13-15-17-18-19-21-23-25-27-29-31-34-44-36-38(37-46-48(42,43)45-35-33-40)47-39(41)32-30-28-26-24-22-20-16-14-12-10-8-6-4-2/h31,34,38H,3-30,32-33,35-37,40H2,1-2H3,(H,42,43)/t38-/m1/s1. The first-order valence-electron chi connectivity index (χ1n) is 20.2. The van der Waals surface area contributed by atoms with Gasteiger partial charge in [-0.2, -0.15) is 0 Å². The van der Waals surface area contributed by atoms with Gasteiger partial charge in [0.2, 0.25) is 0 Å². The highest BCUT2D eigenvalue weighted by Crippen LogP contribution is 2.43. The van der Waals surface area contributed by atoms with Crippen molar-refractivity contribution >= 4 is 13.8 Å². The molecule has 0 saturated carbocycles. The van der Waals surface area contributed by atoms with Gasteiger partial charge in [-0.05, 0) is 25.3 Å². The summed E-state index contributed by atoms with van der Waals surface area (Å²) in [6.07, 6.45) is 38.9. The zero-order chi connectivity index (χ0) is 35.2. The number of nitrogens with two attached hydrogens (primary N) is 1. The molecule has 9 heteroatoms. The summed E-state index contributed by atoms with van der Waals surface area (Å²) in [5.41, 5.74) is 5.35. The van der Waals surface area contributed by atoms with Gasteiger partial charge in [0, 0.05) is 13.0 Å². The molecule has 0 spiro atoms. The van der Waals surface area contributed by atoms with Crippen molar-refractivity contribution in [3.63, 3.8) is 0 Å². The third kappa shape index (κ3) is 36.4. The van der Waals surface area contributed by atoms with Crippen molar-refractivity contribution in [3.05, 3.63) is 12.3 Å². The predicted molar refractivity (Wildman–Crippen MR) is 201 cm³/mol. The fourth-order valence-corrected chi connectivity index (χ4v) is 6.55. The van der Waals surface area contributed by atoms with Gasteiger partial charge in [-0.15, -0.1) is 0 Å². The van der Waals surface area contributed by atoms with Crippen LogP contribution in [-0.4, -0.2) is 43.3 Å². The van der Waals surface area contributed by atoms with E-state index in [9.17, 15) is 14.3 Å². The maximum atomic E-state index is 12.5. The van der Waals surface area contributed by atoms with Gasteiger partial charge < -0.3 is 20.1 Å². The Morgan fingerprint density at radius 2 is 1.04 bits per heavy atom. The molecule has 0 aromatic carbocycles.